The quantitative estimate of drug-likeness (QED) is 0.368. The van der Waals surface area contributed by atoms with Gasteiger partial charge < -0.3 is 24.8 Å². The molecule has 0 bridgehead atoms. The summed E-state index contributed by atoms with van der Waals surface area (Å²) in [5.74, 6) is 2.26. The lowest BCUT2D eigenvalue weighted by atomic mass is 10.0. The average molecular weight is 504 g/mol. The van der Waals surface area contributed by atoms with Crippen LogP contribution in [-0.2, 0) is 4.79 Å². The van der Waals surface area contributed by atoms with Crippen molar-refractivity contribution in [3.05, 3.63) is 76.1 Å². The summed E-state index contributed by atoms with van der Waals surface area (Å²) in [7, 11) is 4.68. The summed E-state index contributed by atoms with van der Waals surface area (Å²) in [5, 5.41) is 13.1. The molecule has 3 heterocycles. The van der Waals surface area contributed by atoms with Crippen molar-refractivity contribution in [1.29, 1.82) is 0 Å². The minimum absolute atomic E-state index is 0.208. The second-order valence-corrected chi connectivity index (χ2v) is 9.00. The first-order valence-corrected chi connectivity index (χ1v) is 12.1. The third-order valence-electron chi connectivity index (χ3n) is 5.86. The highest BCUT2D eigenvalue weighted by atomic mass is 32.1. The Kier molecular flexibility index (Phi) is 6.34. The van der Waals surface area contributed by atoms with E-state index < -0.39 is 6.04 Å². The summed E-state index contributed by atoms with van der Waals surface area (Å²) in [6, 6.07) is 16.5. The van der Waals surface area contributed by atoms with Gasteiger partial charge in [0.15, 0.2) is 17.3 Å². The summed E-state index contributed by atoms with van der Waals surface area (Å²) in [4.78, 5) is 19.2. The number of nitrogens with zero attached hydrogens (tertiary/aromatic N) is 3. The van der Waals surface area contributed by atoms with E-state index in [1.165, 1.54) is 0 Å². The predicted octanol–water partition coefficient (Wildman–Crippen LogP) is 4.96. The van der Waals surface area contributed by atoms with Crippen LogP contribution in [0.25, 0.3) is 11.4 Å². The van der Waals surface area contributed by atoms with Crippen LogP contribution in [0.1, 0.15) is 17.8 Å². The number of nitrogens with one attached hydrogen (secondary N) is 2. The van der Waals surface area contributed by atoms with Crippen LogP contribution in [0, 0.1) is 0 Å². The Labute approximate surface area is 212 Å². The van der Waals surface area contributed by atoms with Crippen molar-refractivity contribution in [3.8, 4) is 28.6 Å². The van der Waals surface area contributed by atoms with E-state index in [9.17, 15) is 4.79 Å². The normalized spacial score (nSPS) is 14.6. The van der Waals surface area contributed by atoms with Crippen LogP contribution in [-0.4, -0.2) is 42.0 Å². The number of carbonyl (C=O) groups excluding carboxylic acids is 1. The minimum atomic E-state index is -0.451. The van der Waals surface area contributed by atoms with E-state index in [-0.39, 0.29) is 5.91 Å². The first kappa shape index (κ1) is 23.4. The van der Waals surface area contributed by atoms with E-state index in [0.29, 0.717) is 45.9 Å². The molecule has 10 heteroatoms. The van der Waals surface area contributed by atoms with Crippen molar-refractivity contribution in [2.24, 2.45) is 0 Å². The summed E-state index contributed by atoms with van der Waals surface area (Å²) in [6.45, 7) is 1.87. The van der Waals surface area contributed by atoms with E-state index in [1.54, 1.807) is 49.5 Å². The molecule has 0 aliphatic carbocycles. The van der Waals surface area contributed by atoms with Crippen LogP contribution in [0.4, 0.5) is 11.6 Å². The van der Waals surface area contributed by atoms with E-state index in [1.807, 2.05) is 54.8 Å². The van der Waals surface area contributed by atoms with Gasteiger partial charge in [-0.25, -0.2) is 4.68 Å². The van der Waals surface area contributed by atoms with E-state index >= 15 is 0 Å². The first-order valence-electron chi connectivity index (χ1n) is 11.2. The van der Waals surface area contributed by atoms with E-state index in [2.05, 4.69) is 10.6 Å². The number of carbonyl (C=O) groups is 1. The number of hydrogen-bond donors (Lipinski definition) is 2. The number of aromatic nitrogens is 3. The highest BCUT2D eigenvalue weighted by Crippen LogP contribution is 2.42. The minimum Gasteiger partial charge on any atom is -0.493 e. The molecular formula is C26H25N5O4S. The van der Waals surface area contributed by atoms with Crippen molar-refractivity contribution in [1.82, 2.24) is 14.8 Å². The molecule has 1 aliphatic heterocycles. The number of rotatable bonds is 7. The molecule has 2 aromatic carbocycles. The van der Waals surface area contributed by atoms with Gasteiger partial charge in [-0.2, -0.15) is 4.98 Å². The number of ether oxygens (including phenoxy) is 3. The third-order valence-corrected chi connectivity index (χ3v) is 6.79. The zero-order valence-electron chi connectivity index (χ0n) is 20.2. The average Bonchev–Trinajstić information content (AvgIpc) is 3.57. The molecule has 36 heavy (non-hydrogen) atoms. The van der Waals surface area contributed by atoms with Crippen LogP contribution in [0.15, 0.2) is 71.2 Å². The molecule has 9 nitrogen and oxygen atoms in total. The summed E-state index contributed by atoms with van der Waals surface area (Å²) in [5.41, 5.74) is 2.68. The Morgan fingerprint density at radius 2 is 1.75 bits per heavy atom. The Morgan fingerprint density at radius 3 is 2.36 bits per heavy atom. The largest absolute Gasteiger partial charge is 0.493 e. The van der Waals surface area contributed by atoms with Crippen LogP contribution < -0.4 is 24.8 Å². The monoisotopic (exact) mass is 503 g/mol. The maximum atomic E-state index is 13.5. The van der Waals surface area contributed by atoms with Crippen molar-refractivity contribution in [2.75, 3.05) is 32.0 Å². The number of hydrogen-bond acceptors (Lipinski definition) is 8. The van der Waals surface area contributed by atoms with Crippen LogP contribution in [0.2, 0.25) is 0 Å². The highest BCUT2D eigenvalue weighted by molar-refractivity contribution is 7.10. The summed E-state index contributed by atoms with van der Waals surface area (Å²) in [6.07, 6.45) is 0. The molecule has 0 radical (unpaired) electrons. The van der Waals surface area contributed by atoms with Gasteiger partial charge in [-0.1, -0.05) is 24.3 Å². The molecule has 1 aliphatic rings. The zero-order chi connectivity index (χ0) is 25.2. The predicted molar refractivity (Wildman–Crippen MR) is 139 cm³/mol. The SMILES string of the molecule is COc1cc(-c2nc3n(n2)C(c2cccs2)C(C(=O)Nc2ccccc2)=C(C)N3)cc(OC)c1OC. The Hall–Kier alpha value is -4.31. The van der Waals surface area contributed by atoms with Crippen molar-refractivity contribution < 1.29 is 19.0 Å². The molecule has 0 saturated carbocycles. The number of methoxy groups -OCH3 is 3. The van der Waals surface area contributed by atoms with Crippen molar-refractivity contribution in [3.63, 3.8) is 0 Å². The number of thiophene rings is 1. The van der Waals surface area contributed by atoms with Gasteiger partial charge in [0.25, 0.3) is 5.91 Å². The molecule has 2 aromatic heterocycles. The summed E-state index contributed by atoms with van der Waals surface area (Å²) < 4.78 is 18.2. The van der Waals surface area contributed by atoms with Crippen LogP contribution in [0.3, 0.4) is 0 Å². The van der Waals surface area contributed by atoms with Crippen molar-refractivity contribution >= 4 is 28.9 Å². The molecule has 1 unspecified atom stereocenters. The Morgan fingerprint density at radius 1 is 1.03 bits per heavy atom. The molecular weight excluding hydrogens is 478 g/mol. The molecule has 0 saturated heterocycles. The maximum Gasteiger partial charge on any atom is 0.255 e. The second-order valence-electron chi connectivity index (χ2n) is 8.02. The first-order chi connectivity index (χ1) is 17.5. The summed E-state index contributed by atoms with van der Waals surface area (Å²) >= 11 is 1.56. The Bertz CT molecular complexity index is 1410. The lowest BCUT2D eigenvalue weighted by Gasteiger charge is -2.27. The van der Waals surface area contributed by atoms with Gasteiger partial charge in [-0.15, -0.1) is 16.4 Å². The Balaban J connectivity index is 1.59. The molecule has 1 amide bonds. The van der Waals surface area contributed by atoms with Gasteiger partial charge in [-0.3, -0.25) is 4.79 Å². The lowest BCUT2D eigenvalue weighted by molar-refractivity contribution is -0.113. The van der Waals surface area contributed by atoms with E-state index in [4.69, 9.17) is 24.3 Å². The number of benzene rings is 2. The van der Waals surface area contributed by atoms with E-state index in [0.717, 1.165) is 10.6 Å². The molecule has 1 atom stereocenters. The number of fused-ring (bicyclic) bond motifs is 1. The second kappa shape index (κ2) is 9.74. The van der Waals surface area contributed by atoms with Crippen LogP contribution >= 0.6 is 11.3 Å². The fourth-order valence-electron chi connectivity index (χ4n) is 4.21. The smallest absolute Gasteiger partial charge is 0.255 e. The molecule has 0 spiro atoms. The maximum absolute atomic E-state index is 13.5. The highest BCUT2D eigenvalue weighted by Gasteiger charge is 2.35. The van der Waals surface area contributed by atoms with Gasteiger partial charge in [0.1, 0.15) is 6.04 Å². The van der Waals surface area contributed by atoms with Gasteiger partial charge >= 0.3 is 0 Å². The number of amides is 1. The zero-order valence-corrected chi connectivity index (χ0v) is 21.1. The number of para-hydroxylation sites is 1. The fourth-order valence-corrected chi connectivity index (χ4v) is 5.03. The fraction of sp³-hybridized carbons (Fsp3) is 0.192. The molecule has 2 N–H and O–H groups in total. The lowest BCUT2D eigenvalue weighted by Crippen LogP contribution is -2.31. The standard InChI is InChI=1S/C26H25N5O4S/c1-15-21(25(32)28-17-9-6-5-7-10-17)22(20-11-8-12-36-20)31-26(27-15)29-24(30-31)16-13-18(33-2)23(35-4)19(14-16)34-3/h5-14,22H,1-4H3,(H,28,32)(H,27,29,30). The molecule has 5 rings (SSSR count). The van der Waals surface area contributed by atoms with Crippen molar-refractivity contribution in [2.45, 2.75) is 13.0 Å². The van der Waals surface area contributed by atoms with Gasteiger partial charge in [-0.05, 0) is 42.6 Å². The number of allylic oxidation sites excluding steroid dienone is 1. The van der Waals surface area contributed by atoms with Gasteiger partial charge in [0.2, 0.25) is 11.7 Å². The van der Waals surface area contributed by atoms with Gasteiger partial charge in [0, 0.05) is 21.8 Å². The van der Waals surface area contributed by atoms with Gasteiger partial charge in [0.05, 0.1) is 26.9 Å². The topological polar surface area (TPSA) is 99.5 Å². The molecule has 4 aromatic rings. The third kappa shape index (κ3) is 4.16. The van der Waals surface area contributed by atoms with Crippen LogP contribution in [0.5, 0.6) is 17.2 Å². The number of anilines is 2. The molecule has 0 fully saturated rings. The molecule has 184 valence electrons.